The molecule has 0 radical (unpaired) electrons. The third-order valence-corrected chi connectivity index (χ3v) is 5.97. The lowest BCUT2D eigenvalue weighted by Gasteiger charge is -2.41. The predicted octanol–water partition coefficient (Wildman–Crippen LogP) is 2.35. The molecule has 2 aliphatic rings. The third kappa shape index (κ3) is 4.22. The minimum atomic E-state index is -0.691. The van der Waals surface area contributed by atoms with E-state index in [1.165, 1.54) is 11.1 Å². The van der Waals surface area contributed by atoms with Crippen LogP contribution < -0.4 is 10.6 Å². The third-order valence-electron chi connectivity index (χ3n) is 5.97. The highest BCUT2D eigenvalue weighted by atomic mass is 35.5. The quantitative estimate of drug-likeness (QED) is 0.820. The monoisotopic (exact) mass is 382 g/mol. The molecule has 1 amide bonds. The summed E-state index contributed by atoms with van der Waals surface area (Å²) in [5.41, 5.74) is 1.86. The van der Waals surface area contributed by atoms with Crippen molar-refractivity contribution < 1.29 is 14.3 Å². The van der Waals surface area contributed by atoms with Crippen LogP contribution in [0.5, 0.6) is 0 Å². The predicted molar refractivity (Wildman–Crippen MR) is 105 cm³/mol. The van der Waals surface area contributed by atoms with E-state index in [1.54, 1.807) is 7.11 Å². The topological polar surface area (TPSA) is 59.6 Å². The van der Waals surface area contributed by atoms with E-state index >= 15 is 0 Å². The second-order valence-electron chi connectivity index (χ2n) is 7.34. The summed E-state index contributed by atoms with van der Waals surface area (Å²) in [6.07, 6.45) is 3.30. The molecule has 0 unspecified atom stereocenters. The van der Waals surface area contributed by atoms with Crippen LogP contribution in [0.15, 0.2) is 24.3 Å². The van der Waals surface area contributed by atoms with Crippen LogP contribution in [-0.2, 0) is 19.7 Å². The molecule has 5 nitrogen and oxygen atoms in total. The lowest BCUT2D eigenvalue weighted by Crippen LogP contribution is -2.56. The Labute approximate surface area is 162 Å². The highest BCUT2D eigenvalue weighted by Crippen LogP contribution is 2.36. The number of ether oxygens (including phenoxy) is 2. The van der Waals surface area contributed by atoms with E-state index in [2.05, 4.69) is 41.8 Å². The molecule has 0 atom stereocenters. The summed E-state index contributed by atoms with van der Waals surface area (Å²) in [6.45, 7) is 5.90. The number of hydrogen-bond acceptors (Lipinski definition) is 4. The maximum absolute atomic E-state index is 13.0. The first kappa shape index (κ1) is 21.2. The molecular weight excluding hydrogens is 352 g/mol. The Morgan fingerprint density at radius 2 is 1.85 bits per heavy atom. The fourth-order valence-electron chi connectivity index (χ4n) is 4.24. The fraction of sp³-hybridized carbons (Fsp3) is 0.650. The van der Waals surface area contributed by atoms with Crippen LogP contribution >= 0.6 is 12.4 Å². The molecule has 0 saturated carbocycles. The number of carbonyl (C=O) groups is 1. The van der Waals surface area contributed by atoms with Crippen LogP contribution in [0.25, 0.3) is 0 Å². The van der Waals surface area contributed by atoms with Gasteiger partial charge in [-0.25, -0.2) is 0 Å². The Kier molecular flexibility index (Phi) is 7.47. The van der Waals surface area contributed by atoms with Crippen molar-refractivity contribution in [3.8, 4) is 0 Å². The smallest absolute Gasteiger partial charge is 0.252 e. The number of hydrogen-bond donors (Lipinski definition) is 2. The van der Waals surface area contributed by atoms with Gasteiger partial charge >= 0.3 is 0 Å². The van der Waals surface area contributed by atoms with Crippen molar-refractivity contribution in [3.63, 3.8) is 0 Å². The lowest BCUT2D eigenvalue weighted by molar-refractivity contribution is -0.147. The number of carbonyl (C=O) groups excluding carboxylic acids is 1. The van der Waals surface area contributed by atoms with Crippen LogP contribution in [0.1, 0.15) is 36.8 Å². The highest BCUT2D eigenvalue weighted by molar-refractivity contribution is 5.85. The molecule has 0 bridgehead atoms. The van der Waals surface area contributed by atoms with Crippen LogP contribution in [0.4, 0.5) is 0 Å². The number of benzene rings is 1. The van der Waals surface area contributed by atoms with Crippen LogP contribution in [0.2, 0.25) is 0 Å². The normalized spacial score (nSPS) is 21.5. The van der Waals surface area contributed by atoms with Gasteiger partial charge in [0.1, 0.15) is 5.60 Å². The van der Waals surface area contributed by atoms with Gasteiger partial charge in [-0.15, -0.1) is 12.4 Å². The second-order valence-corrected chi connectivity index (χ2v) is 7.34. The summed E-state index contributed by atoms with van der Waals surface area (Å²) in [5.74, 6) is 0.0240. The standard InChI is InChI=1S/C20H30N2O3.ClH/c1-16-5-3-4-6-17(16)19(9-13-25-14-10-19)15-22-18(23)20(24-2)7-11-21-12-8-20;/h3-6,21H,7-15H2,1-2H3,(H,22,23);1H. The summed E-state index contributed by atoms with van der Waals surface area (Å²) in [5, 5.41) is 6.53. The molecule has 146 valence electrons. The number of rotatable bonds is 5. The first-order chi connectivity index (χ1) is 12.1. The summed E-state index contributed by atoms with van der Waals surface area (Å²) >= 11 is 0. The second kappa shape index (κ2) is 9.18. The lowest BCUT2D eigenvalue weighted by atomic mass is 9.72. The van der Waals surface area contributed by atoms with Crippen LogP contribution in [-0.4, -0.2) is 51.5 Å². The minimum absolute atomic E-state index is 0. The number of amides is 1. The highest BCUT2D eigenvalue weighted by Gasteiger charge is 2.42. The van der Waals surface area contributed by atoms with Gasteiger partial charge in [-0.1, -0.05) is 24.3 Å². The van der Waals surface area contributed by atoms with Crippen molar-refractivity contribution in [1.82, 2.24) is 10.6 Å². The van der Waals surface area contributed by atoms with E-state index in [4.69, 9.17) is 9.47 Å². The van der Waals surface area contributed by atoms with E-state index in [0.29, 0.717) is 6.54 Å². The molecule has 1 aromatic rings. The molecule has 3 rings (SSSR count). The molecule has 1 aromatic carbocycles. The average molecular weight is 383 g/mol. The summed E-state index contributed by atoms with van der Waals surface area (Å²) < 4.78 is 11.3. The van der Waals surface area contributed by atoms with E-state index < -0.39 is 5.60 Å². The number of nitrogens with one attached hydrogen (secondary N) is 2. The molecule has 0 aliphatic carbocycles. The van der Waals surface area contributed by atoms with E-state index in [1.807, 2.05) is 0 Å². The fourth-order valence-corrected chi connectivity index (χ4v) is 4.24. The summed E-state index contributed by atoms with van der Waals surface area (Å²) in [7, 11) is 1.65. The Hall–Kier alpha value is -1.14. The molecule has 2 fully saturated rings. The van der Waals surface area contributed by atoms with Gasteiger partial charge < -0.3 is 20.1 Å². The Morgan fingerprint density at radius 1 is 1.19 bits per heavy atom. The Morgan fingerprint density at radius 3 is 2.46 bits per heavy atom. The van der Waals surface area contributed by atoms with Crippen LogP contribution in [0, 0.1) is 6.92 Å². The van der Waals surface area contributed by atoms with Crippen molar-refractivity contribution in [3.05, 3.63) is 35.4 Å². The van der Waals surface area contributed by atoms with Gasteiger partial charge in [-0.2, -0.15) is 0 Å². The van der Waals surface area contributed by atoms with Crippen molar-refractivity contribution in [2.45, 2.75) is 43.6 Å². The van der Waals surface area contributed by atoms with Crippen molar-refractivity contribution >= 4 is 18.3 Å². The molecule has 2 saturated heterocycles. The number of methoxy groups -OCH3 is 1. The first-order valence-corrected chi connectivity index (χ1v) is 9.30. The summed E-state index contributed by atoms with van der Waals surface area (Å²) in [4.78, 5) is 13.0. The Bertz CT molecular complexity index is 596. The first-order valence-electron chi connectivity index (χ1n) is 9.30. The van der Waals surface area contributed by atoms with E-state index in [-0.39, 0.29) is 23.7 Å². The molecular formula is C20H31ClN2O3. The van der Waals surface area contributed by atoms with Crippen molar-refractivity contribution in [2.24, 2.45) is 0 Å². The minimum Gasteiger partial charge on any atom is -0.381 e. The van der Waals surface area contributed by atoms with Gasteiger partial charge in [0, 0.05) is 32.3 Å². The zero-order valence-corrected chi connectivity index (χ0v) is 16.6. The molecule has 6 heteroatoms. The largest absolute Gasteiger partial charge is 0.381 e. The number of aryl methyl sites for hydroxylation is 1. The summed E-state index contributed by atoms with van der Waals surface area (Å²) in [6, 6.07) is 8.51. The zero-order chi connectivity index (χ0) is 17.8. The molecule has 0 aromatic heterocycles. The molecule has 26 heavy (non-hydrogen) atoms. The van der Waals surface area contributed by atoms with E-state index in [0.717, 1.165) is 52.0 Å². The molecule has 2 heterocycles. The maximum Gasteiger partial charge on any atom is 0.252 e. The molecule has 2 N–H and O–H groups in total. The number of halogens is 1. The average Bonchev–Trinajstić information content (AvgIpc) is 2.67. The van der Waals surface area contributed by atoms with Crippen LogP contribution in [0.3, 0.4) is 0 Å². The number of piperidine rings is 1. The van der Waals surface area contributed by atoms with Crippen molar-refractivity contribution in [1.29, 1.82) is 0 Å². The van der Waals surface area contributed by atoms with Gasteiger partial charge in [-0.3, -0.25) is 4.79 Å². The van der Waals surface area contributed by atoms with E-state index in [9.17, 15) is 4.79 Å². The molecule has 2 aliphatic heterocycles. The van der Waals surface area contributed by atoms with Crippen molar-refractivity contribution in [2.75, 3.05) is 40.0 Å². The van der Waals surface area contributed by atoms with Gasteiger partial charge in [0.25, 0.3) is 5.91 Å². The van der Waals surface area contributed by atoms with Gasteiger partial charge in [0.2, 0.25) is 0 Å². The Balaban J connectivity index is 0.00000243. The SMILES string of the molecule is COC1(C(=O)NCC2(c3ccccc3C)CCOCC2)CCNCC1.Cl. The molecule has 0 spiro atoms. The maximum atomic E-state index is 13.0. The van der Waals surface area contributed by atoms with Gasteiger partial charge in [0.05, 0.1) is 0 Å². The van der Waals surface area contributed by atoms with Gasteiger partial charge in [0.15, 0.2) is 0 Å². The van der Waals surface area contributed by atoms with Gasteiger partial charge in [-0.05, 0) is 56.8 Å². The zero-order valence-electron chi connectivity index (χ0n) is 15.8.